The third-order valence-electron chi connectivity index (χ3n) is 9.49. The molecule has 58 heavy (non-hydrogen) atoms. The summed E-state index contributed by atoms with van der Waals surface area (Å²) in [6.45, 7) is 5.20. The van der Waals surface area contributed by atoms with Gasteiger partial charge in [0.25, 0.3) is 7.82 Å². The van der Waals surface area contributed by atoms with E-state index >= 15 is 0 Å². The lowest BCUT2D eigenvalue weighted by atomic mass is 10.1. The zero-order chi connectivity index (χ0) is 42.7. The van der Waals surface area contributed by atoms with Crippen LogP contribution in [0.1, 0.15) is 174 Å². The molecule has 0 rings (SSSR count). The maximum atomic E-state index is 12.7. The SMILES string of the molecule is CC/C=C\C/C=C\C/C=C\C/C=C\C/C=C\CCCC(=O)OC(COCCCCCCCCCC/C=C\CCCCCCCCC)COP(=O)([O-])OCC[N+](C)(C)C. The Morgan fingerprint density at radius 1 is 0.552 bits per heavy atom. The summed E-state index contributed by atoms with van der Waals surface area (Å²) in [7, 11) is 1.31. The van der Waals surface area contributed by atoms with Crippen LogP contribution in [-0.2, 0) is 27.9 Å². The Bertz CT molecular complexity index is 1150. The van der Waals surface area contributed by atoms with Gasteiger partial charge in [-0.2, -0.15) is 0 Å². The highest BCUT2D eigenvalue weighted by atomic mass is 31.2. The van der Waals surface area contributed by atoms with Crippen molar-refractivity contribution in [2.45, 2.75) is 180 Å². The van der Waals surface area contributed by atoms with E-state index < -0.39 is 19.9 Å². The van der Waals surface area contributed by atoms with Gasteiger partial charge >= 0.3 is 5.97 Å². The number of carbonyl (C=O) groups excluding carboxylic acids is 1. The van der Waals surface area contributed by atoms with Gasteiger partial charge in [0, 0.05) is 13.0 Å². The van der Waals surface area contributed by atoms with Crippen LogP contribution in [0.3, 0.4) is 0 Å². The Kier molecular flexibility index (Phi) is 40.2. The van der Waals surface area contributed by atoms with Gasteiger partial charge in [-0.05, 0) is 77.0 Å². The van der Waals surface area contributed by atoms with Gasteiger partial charge in [0.05, 0.1) is 34.4 Å². The monoisotopic (exact) mass is 834 g/mol. The second-order valence-electron chi connectivity index (χ2n) is 16.4. The van der Waals surface area contributed by atoms with Crippen molar-refractivity contribution in [3.8, 4) is 0 Å². The van der Waals surface area contributed by atoms with E-state index in [-0.39, 0.29) is 26.2 Å². The smallest absolute Gasteiger partial charge is 0.306 e. The normalized spacial score (nSPS) is 14.4. The minimum Gasteiger partial charge on any atom is -0.756 e. The third kappa shape index (κ3) is 45.0. The number of esters is 1. The van der Waals surface area contributed by atoms with Crippen molar-refractivity contribution in [2.24, 2.45) is 0 Å². The molecule has 0 radical (unpaired) electrons. The van der Waals surface area contributed by atoms with Crippen molar-refractivity contribution in [2.75, 3.05) is 54.1 Å². The summed E-state index contributed by atoms with van der Waals surface area (Å²) in [5.74, 6) is -0.393. The molecule has 0 aromatic carbocycles. The van der Waals surface area contributed by atoms with Crippen molar-refractivity contribution in [3.05, 3.63) is 72.9 Å². The molecule has 0 aliphatic heterocycles. The Morgan fingerprint density at radius 2 is 1.00 bits per heavy atom. The zero-order valence-electron chi connectivity index (χ0n) is 38.0. The minimum atomic E-state index is -4.55. The summed E-state index contributed by atoms with van der Waals surface area (Å²) in [4.78, 5) is 25.1. The van der Waals surface area contributed by atoms with Crippen LogP contribution in [0.25, 0.3) is 0 Å². The molecule has 336 valence electrons. The third-order valence-corrected chi connectivity index (χ3v) is 10.5. The van der Waals surface area contributed by atoms with E-state index in [9.17, 15) is 14.3 Å². The lowest BCUT2D eigenvalue weighted by molar-refractivity contribution is -0.870. The first-order chi connectivity index (χ1) is 28.1. The molecular formula is C49H88NO7P. The molecule has 9 heteroatoms. The molecule has 0 aromatic heterocycles. The molecule has 0 heterocycles. The Labute approximate surface area is 357 Å². The summed E-state index contributed by atoms with van der Waals surface area (Å²) in [6.07, 6.45) is 53.6. The first-order valence-electron chi connectivity index (χ1n) is 23.2. The fraction of sp³-hybridized carbons (Fsp3) is 0.735. The lowest BCUT2D eigenvalue weighted by Crippen LogP contribution is -2.37. The molecule has 0 saturated carbocycles. The number of likely N-dealkylation sites (N-methyl/N-ethyl adjacent to an activating group) is 1. The number of rotatable bonds is 42. The Morgan fingerprint density at radius 3 is 1.52 bits per heavy atom. The lowest BCUT2D eigenvalue weighted by Gasteiger charge is -2.28. The van der Waals surface area contributed by atoms with Gasteiger partial charge < -0.3 is 27.9 Å². The van der Waals surface area contributed by atoms with E-state index in [0.29, 0.717) is 24.1 Å². The molecule has 0 fully saturated rings. The molecule has 0 saturated heterocycles. The number of carbonyl (C=O) groups is 1. The number of phosphoric acid groups is 1. The molecule has 0 bridgehead atoms. The predicted molar refractivity (Wildman–Crippen MR) is 245 cm³/mol. The molecule has 8 nitrogen and oxygen atoms in total. The first-order valence-corrected chi connectivity index (χ1v) is 24.6. The average molecular weight is 834 g/mol. The number of hydrogen-bond acceptors (Lipinski definition) is 7. The van der Waals surface area contributed by atoms with Crippen LogP contribution in [0.5, 0.6) is 0 Å². The summed E-state index contributed by atoms with van der Waals surface area (Å²) in [6, 6.07) is 0. The summed E-state index contributed by atoms with van der Waals surface area (Å²) < 4.78 is 34.6. The number of phosphoric ester groups is 1. The largest absolute Gasteiger partial charge is 0.756 e. The van der Waals surface area contributed by atoms with Crippen LogP contribution in [0.2, 0.25) is 0 Å². The maximum Gasteiger partial charge on any atom is 0.306 e. The summed E-state index contributed by atoms with van der Waals surface area (Å²) >= 11 is 0. The van der Waals surface area contributed by atoms with E-state index in [1.807, 2.05) is 21.1 Å². The number of ether oxygens (including phenoxy) is 2. The fourth-order valence-corrected chi connectivity index (χ4v) is 6.66. The van der Waals surface area contributed by atoms with E-state index in [0.717, 1.165) is 51.4 Å². The molecular weight excluding hydrogens is 746 g/mol. The van der Waals surface area contributed by atoms with Crippen molar-refractivity contribution in [1.82, 2.24) is 0 Å². The number of unbranched alkanes of at least 4 members (excludes halogenated alkanes) is 16. The van der Waals surface area contributed by atoms with Gasteiger partial charge in [0.15, 0.2) is 0 Å². The van der Waals surface area contributed by atoms with Crippen molar-refractivity contribution >= 4 is 13.8 Å². The average Bonchev–Trinajstić information content (AvgIpc) is 3.18. The number of allylic oxidation sites excluding steroid dienone is 12. The van der Waals surface area contributed by atoms with Crippen molar-refractivity contribution in [3.63, 3.8) is 0 Å². The van der Waals surface area contributed by atoms with Crippen LogP contribution in [-0.4, -0.2) is 70.7 Å². The molecule has 0 N–H and O–H groups in total. The Balaban J connectivity index is 4.31. The highest BCUT2D eigenvalue weighted by molar-refractivity contribution is 7.45. The second-order valence-corrected chi connectivity index (χ2v) is 17.8. The molecule has 0 aromatic rings. The number of hydrogen-bond donors (Lipinski definition) is 0. The van der Waals surface area contributed by atoms with Crippen LogP contribution in [0.15, 0.2) is 72.9 Å². The summed E-state index contributed by atoms with van der Waals surface area (Å²) in [5, 5.41) is 0. The van der Waals surface area contributed by atoms with Crippen molar-refractivity contribution < 1.29 is 37.3 Å². The predicted octanol–water partition coefficient (Wildman–Crippen LogP) is 13.3. The van der Waals surface area contributed by atoms with E-state index in [4.69, 9.17) is 18.5 Å². The van der Waals surface area contributed by atoms with E-state index in [1.165, 1.54) is 96.3 Å². The number of quaternary nitrogens is 1. The van der Waals surface area contributed by atoms with Crippen LogP contribution < -0.4 is 4.89 Å². The highest BCUT2D eigenvalue weighted by Crippen LogP contribution is 2.38. The maximum absolute atomic E-state index is 12.7. The van der Waals surface area contributed by atoms with Gasteiger partial charge in [0.2, 0.25) is 0 Å². The van der Waals surface area contributed by atoms with Gasteiger partial charge in [0.1, 0.15) is 19.3 Å². The molecule has 2 unspecified atom stereocenters. The van der Waals surface area contributed by atoms with Gasteiger partial charge in [-0.25, -0.2) is 0 Å². The standard InChI is InChI=1S/C49H88NO7P/c1-6-8-10-12-14-16-18-20-22-24-25-27-29-31-33-35-37-39-41-44-54-46-48(47-56-58(52,53)55-45-43-50(3,4)5)57-49(51)42-40-38-36-34-32-30-28-26-23-21-19-17-15-13-11-9-7-2/h9,11,15,17,21-24,28,30,34,36,48H,6-8,10,12-14,16,18-20,25-27,29,31-33,35,37-47H2,1-5H3/b11-9-,17-15-,23-21-,24-22-,30-28-,36-34-. The second kappa shape index (κ2) is 41.7. The van der Waals surface area contributed by atoms with Crippen LogP contribution in [0, 0.1) is 0 Å². The molecule has 0 aliphatic carbocycles. The summed E-state index contributed by atoms with van der Waals surface area (Å²) in [5.41, 5.74) is 0. The minimum absolute atomic E-state index is 0.0117. The van der Waals surface area contributed by atoms with E-state index in [2.05, 4.69) is 86.8 Å². The highest BCUT2D eigenvalue weighted by Gasteiger charge is 2.20. The topological polar surface area (TPSA) is 94.1 Å². The van der Waals surface area contributed by atoms with Crippen LogP contribution >= 0.6 is 7.82 Å². The zero-order valence-corrected chi connectivity index (χ0v) is 38.9. The van der Waals surface area contributed by atoms with E-state index in [1.54, 1.807) is 0 Å². The molecule has 2 atom stereocenters. The fourth-order valence-electron chi connectivity index (χ4n) is 5.93. The van der Waals surface area contributed by atoms with Gasteiger partial charge in [-0.15, -0.1) is 0 Å². The molecule has 0 aliphatic rings. The van der Waals surface area contributed by atoms with Gasteiger partial charge in [-0.3, -0.25) is 9.36 Å². The molecule has 0 spiro atoms. The number of nitrogens with zero attached hydrogens (tertiary/aromatic N) is 1. The first kappa shape index (κ1) is 55.9. The van der Waals surface area contributed by atoms with Crippen molar-refractivity contribution in [1.29, 1.82) is 0 Å². The van der Waals surface area contributed by atoms with Gasteiger partial charge in [-0.1, -0.05) is 164 Å². The van der Waals surface area contributed by atoms with Crippen LogP contribution in [0.4, 0.5) is 0 Å². The molecule has 0 amide bonds. The Hall–Kier alpha value is -2.06. The quantitative estimate of drug-likeness (QED) is 0.0199.